The van der Waals surface area contributed by atoms with Crippen molar-refractivity contribution < 1.29 is 19.1 Å². The number of hydrogen-bond donors (Lipinski definition) is 1. The Morgan fingerprint density at radius 1 is 1.33 bits per heavy atom. The molecule has 142 valence electrons. The molecule has 2 heterocycles. The second-order valence-corrected chi connectivity index (χ2v) is 6.22. The topological polar surface area (TPSA) is 111 Å². The predicted octanol–water partition coefficient (Wildman–Crippen LogP) is 0.822. The number of fused-ring (bicyclic) bond motifs is 1. The zero-order valence-corrected chi connectivity index (χ0v) is 15.3. The Morgan fingerprint density at radius 3 is 2.70 bits per heavy atom. The van der Waals surface area contributed by atoms with Crippen molar-refractivity contribution in [1.82, 2.24) is 19.8 Å². The number of hydrogen-bond acceptors (Lipinski definition) is 6. The third-order valence-electron chi connectivity index (χ3n) is 4.42. The zero-order valence-electron chi connectivity index (χ0n) is 15.3. The van der Waals surface area contributed by atoms with E-state index in [1.165, 1.54) is 19.1 Å². The fourth-order valence-corrected chi connectivity index (χ4v) is 3.00. The third kappa shape index (κ3) is 3.40. The fourth-order valence-electron chi connectivity index (χ4n) is 3.00. The summed E-state index contributed by atoms with van der Waals surface area (Å²) in [7, 11) is 0. The first-order chi connectivity index (χ1) is 12.8. The number of carbonyl (C=O) groups excluding carboxylic acids is 3. The van der Waals surface area contributed by atoms with Gasteiger partial charge in [-0.15, -0.1) is 0 Å². The van der Waals surface area contributed by atoms with Crippen LogP contribution >= 0.6 is 0 Å². The number of amides is 3. The Bertz CT molecular complexity index is 997. The molecule has 3 rings (SSSR count). The molecule has 0 radical (unpaired) electrons. The summed E-state index contributed by atoms with van der Waals surface area (Å²) in [6.07, 6.45) is -1.10. The molecule has 1 aromatic heterocycles. The van der Waals surface area contributed by atoms with E-state index in [9.17, 15) is 19.2 Å². The summed E-state index contributed by atoms with van der Waals surface area (Å²) in [4.78, 5) is 53.6. The van der Waals surface area contributed by atoms with Gasteiger partial charge in [-0.1, -0.05) is 0 Å². The average molecular weight is 372 g/mol. The van der Waals surface area contributed by atoms with E-state index in [0.29, 0.717) is 29.8 Å². The molecule has 3 amide bonds. The molecule has 0 spiro atoms. The summed E-state index contributed by atoms with van der Waals surface area (Å²) in [5.74, 6) is -1.28. The van der Waals surface area contributed by atoms with E-state index in [1.807, 2.05) is 6.92 Å². The lowest BCUT2D eigenvalue weighted by Gasteiger charge is -2.18. The molecule has 9 heteroatoms. The molecular weight excluding hydrogens is 352 g/mol. The molecule has 27 heavy (non-hydrogen) atoms. The Kier molecular flexibility index (Phi) is 4.93. The molecular formula is C18H20N4O5. The van der Waals surface area contributed by atoms with Crippen molar-refractivity contribution in [2.45, 2.75) is 33.4 Å². The monoisotopic (exact) mass is 372 g/mol. The summed E-state index contributed by atoms with van der Waals surface area (Å²) in [5, 5.41) is 2.52. The molecule has 1 fully saturated rings. The van der Waals surface area contributed by atoms with Crippen molar-refractivity contribution >= 4 is 28.9 Å². The van der Waals surface area contributed by atoms with Crippen LogP contribution in [0.15, 0.2) is 23.0 Å². The Labute approximate surface area is 154 Å². The molecule has 1 aliphatic heterocycles. The number of carbonyl (C=O) groups is 3. The molecule has 0 saturated carbocycles. The van der Waals surface area contributed by atoms with Crippen LogP contribution in [0, 0.1) is 6.92 Å². The van der Waals surface area contributed by atoms with Crippen molar-refractivity contribution in [3.8, 4) is 0 Å². The number of nitrogens with one attached hydrogen (secondary N) is 1. The van der Waals surface area contributed by atoms with Gasteiger partial charge in [0.05, 0.1) is 16.6 Å². The number of urea groups is 1. The normalized spacial score (nSPS) is 14.9. The molecule has 9 nitrogen and oxygen atoms in total. The summed E-state index contributed by atoms with van der Waals surface area (Å²) < 4.78 is 6.79. The first-order valence-corrected chi connectivity index (χ1v) is 8.65. The number of nitrogens with zero attached hydrogens (tertiary/aromatic N) is 3. The van der Waals surface area contributed by atoms with E-state index in [-0.39, 0.29) is 17.7 Å². The van der Waals surface area contributed by atoms with Gasteiger partial charge in [-0.2, -0.15) is 0 Å². The molecule has 1 saturated heterocycles. The van der Waals surface area contributed by atoms with Gasteiger partial charge in [0.1, 0.15) is 5.69 Å². The van der Waals surface area contributed by atoms with Gasteiger partial charge in [-0.05, 0) is 39.0 Å². The van der Waals surface area contributed by atoms with Gasteiger partial charge in [0.2, 0.25) is 0 Å². The molecule has 0 unspecified atom stereocenters. The van der Waals surface area contributed by atoms with Crippen molar-refractivity contribution in [2.24, 2.45) is 0 Å². The molecule has 1 aromatic carbocycles. The van der Waals surface area contributed by atoms with Crippen LogP contribution in [0.4, 0.5) is 4.79 Å². The molecule has 0 bridgehead atoms. The first-order valence-electron chi connectivity index (χ1n) is 8.65. The largest absolute Gasteiger partial charge is 0.449 e. The highest BCUT2D eigenvalue weighted by Gasteiger charge is 2.31. The molecule has 1 N–H and O–H groups in total. The summed E-state index contributed by atoms with van der Waals surface area (Å²) in [6, 6.07) is 4.18. The van der Waals surface area contributed by atoms with Gasteiger partial charge < -0.3 is 14.6 Å². The van der Waals surface area contributed by atoms with E-state index < -0.39 is 24.0 Å². The number of aromatic nitrogens is 2. The van der Waals surface area contributed by atoms with Crippen molar-refractivity contribution in [1.29, 1.82) is 0 Å². The predicted molar refractivity (Wildman–Crippen MR) is 96.4 cm³/mol. The van der Waals surface area contributed by atoms with Gasteiger partial charge >= 0.3 is 12.0 Å². The lowest BCUT2D eigenvalue weighted by Crippen LogP contribution is -2.41. The number of benzene rings is 1. The smallest absolute Gasteiger partial charge is 0.338 e. The van der Waals surface area contributed by atoms with Crippen LogP contribution in [0.2, 0.25) is 0 Å². The Morgan fingerprint density at radius 2 is 2.07 bits per heavy atom. The quantitative estimate of drug-likeness (QED) is 0.796. The summed E-state index contributed by atoms with van der Waals surface area (Å²) >= 11 is 0. The highest BCUT2D eigenvalue weighted by molar-refractivity contribution is 6.00. The van der Waals surface area contributed by atoms with Crippen LogP contribution in [-0.4, -0.2) is 51.6 Å². The van der Waals surface area contributed by atoms with E-state index in [4.69, 9.17) is 4.74 Å². The van der Waals surface area contributed by atoms with E-state index >= 15 is 0 Å². The zero-order chi connectivity index (χ0) is 19.7. The highest BCUT2D eigenvalue weighted by atomic mass is 16.5. The van der Waals surface area contributed by atoms with Gasteiger partial charge in [0.25, 0.3) is 11.5 Å². The SMILES string of the molecule is CCn1c(=O)c(C)nc2cc(C(=O)O[C@H](C)C(=O)N3CCNC3=O)ccc21. The summed E-state index contributed by atoms with van der Waals surface area (Å²) in [5.41, 5.74) is 1.46. The highest BCUT2D eigenvalue weighted by Crippen LogP contribution is 2.15. The maximum absolute atomic E-state index is 12.4. The molecule has 2 aromatic rings. The van der Waals surface area contributed by atoms with Crippen LogP contribution in [0.25, 0.3) is 11.0 Å². The first kappa shape index (κ1) is 18.6. The number of aryl methyl sites for hydroxylation is 2. The van der Waals surface area contributed by atoms with Crippen LogP contribution in [0.3, 0.4) is 0 Å². The van der Waals surface area contributed by atoms with Crippen molar-refractivity contribution in [3.05, 3.63) is 39.8 Å². The minimum absolute atomic E-state index is 0.177. The molecule has 0 aliphatic carbocycles. The van der Waals surface area contributed by atoms with Crippen LogP contribution < -0.4 is 10.9 Å². The van der Waals surface area contributed by atoms with Gasteiger partial charge in [-0.3, -0.25) is 14.5 Å². The van der Waals surface area contributed by atoms with Gasteiger partial charge in [0, 0.05) is 19.6 Å². The Balaban J connectivity index is 1.83. The number of imide groups is 1. The van der Waals surface area contributed by atoms with Crippen LogP contribution in [-0.2, 0) is 16.1 Å². The lowest BCUT2D eigenvalue weighted by atomic mass is 10.2. The van der Waals surface area contributed by atoms with Gasteiger partial charge in [-0.25, -0.2) is 14.6 Å². The number of ether oxygens (including phenoxy) is 1. The fraction of sp³-hybridized carbons (Fsp3) is 0.389. The standard InChI is InChI=1S/C18H20N4O5/c1-4-21-14-6-5-12(9-13(14)20-10(2)15(21)23)17(25)27-11(3)16(24)22-8-7-19-18(22)26/h5-6,9,11H,4,7-8H2,1-3H3,(H,19,26)/t11-/m1/s1. The number of rotatable bonds is 4. The van der Waals surface area contributed by atoms with Crippen molar-refractivity contribution in [3.63, 3.8) is 0 Å². The van der Waals surface area contributed by atoms with E-state index in [1.54, 1.807) is 17.6 Å². The molecule has 1 aliphatic rings. The van der Waals surface area contributed by atoms with Gasteiger partial charge in [0.15, 0.2) is 6.10 Å². The summed E-state index contributed by atoms with van der Waals surface area (Å²) in [6.45, 7) is 5.98. The van der Waals surface area contributed by atoms with Crippen LogP contribution in [0.1, 0.15) is 29.9 Å². The van der Waals surface area contributed by atoms with Crippen LogP contribution in [0.5, 0.6) is 0 Å². The minimum Gasteiger partial charge on any atom is -0.449 e. The molecule has 1 atom stereocenters. The van der Waals surface area contributed by atoms with E-state index in [0.717, 1.165) is 4.90 Å². The average Bonchev–Trinajstić information content (AvgIpc) is 3.07. The lowest BCUT2D eigenvalue weighted by molar-refractivity contribution is -0.136. The number of esters is 1. The minimum atomic E-state index is -1.10. The van der Waals surface area contributed by atoms with Crippen molar-refractivity contribution in [2.75, 3.05) is 13.1 Å². The maximum atomic E-state index is 12.4. The van der Waals surface area contributed by atoms with E-state index in [2.05, 4.69) is 10.3 Å². The Hall–Kier alpha value is -3.23. The second-order valence-electron chi connectivity index (χ2n) is 6.22. The third-order valence-corrected chi connectivity index (χ3v) is 4.42. The maximum Gasteiger partial charge on any atom is 0.338 e. The second kappa shape index (κ2) is 7.18.